The maximum Gasteiger partial charge on any atom is 0.235 e. The number of carbonyl (C=O) groups excluding carboxylic acids is 2. The third-order valence-corrected chi connectivity index (χ3v) is 4.81. The Hall–Kier alpha value is -2.42. The molecule has 1 heterocycles. The molecule has 0 saturated heterocycles. The molecule has 110 valence electrons. The smallest absolute Gasteiger partial charge is 0.235 e. The van der Waals surface area contributed by atoms with Gasteiger partial charge in [0.05, 0.1) is 5.92 Å². The van der Waals surface area contributed by atoms with Crippen LogP contribution < -0.4 is 4.90 Å². The number of anilines is 1. The van der Waals surface area contributed by atoms with Gasteiger partial charge in [-0.1, -0.05) is 36.4 Å². The zero-order chi connectivity index (χ0) is 15.3. The van der Waals surface area contributed by atoms with Gasteiger partial charge in [0.1, 0.15) is 0 Å². The number of ketones is 1. The minimum atomic E-state index is -0.324. The Morgan fingerprint density at radius 1 is 1.14 bits per heavy atom. The second-order valence-corrected chi connectivity index (χ2v) is 6.08. The van der Waals surface area contributed by atoms with Gasteiger partial charge in [-0.05, 0) is 36.1 Å². The highest BCUT2D eigenvalue weighted by molar-refractivity contribution is 6.11. The van der Waals surface area contributed by atoms with Crippen molar-refractivity contribution in [2.45, 2.75) is 25.7 Å². The van der Waals surface area contributed by atoms with Crippen LogP contribution in [0.25, 0.3) is 0 Å². The number of benzene rings is 2. The van der Waals surface area contributed by atoms with Crippen LogP contribution in [0.15, 0.2) is 42.5 Å². The Bertz CT molecular complexity index is 794. The standard InChI is InChI=1S/C19H17NO2/c1-12-5-4-7-14-17(21)11-15(18(12)14)19(22)20-10-9-13-6-2-3-8-16(13)20/h2-8,15H,9-11H2,1H3. The maximum absolute atomic E-state index is 13.0. The summed E-state index contributed by atoms with van der Waals surface area (Å²) in [5.41, 5.74) is 4.91. The van der Waals surface area contributed by atoms with E-state index in [2.05, 4.69) is 6.07 Å². The van der Waals surface area contributed by atoms with Gasteiger partial charge in [0.15, 0.2) is 5.78 Å². The molecule has 3 heteroatoms. The van der Waals surface area contributed by atoms with Crippen LogP contribution in [-0.4, -0.2) is 18.2 Å². The Balaban J connectivity index is 1.74. The van der Waals surface area contributed by atoms with Crippen LogP contribution >= 0.6 is 0 Å². The monoisotopic (exact) mass is 291 g/mol. The number of aryl methyl sites for hydroxylation is 1. The highest BCUT2D eigenvalue weighted by Gasteiger charge is 2.39. The van der Waals surface area contributed by atoms with E-state index in [9.17, 15) is 9.59 Å². The summed E-state index contributed by atoms with van der Waals surface area (Å²) in [6.07, 6.45) is 1.20. The topological polar surface area (TPSA) is 37.4 Å². The van der Waals surface area contributed by atoms with Gasteiger partial charge in [0.25, 0.3) is 0 Å². The molecular weight excluding hydrogens is 274 g/mol. The number of amides is 1. The summed E-state index contributed by atoms with van der Waals surface area (Å²) in [7, 11) is 0. The van der Waals surface area contributed by atoms with Crippen molar-refractivity contribution in [3.8, 4) is 0 Å². The fraction of sp³-hybridized carbons (Fsp3) is 0.263. The summed E-state index contributed by atoms with van der Waals surface area (Å²) in [5, 5.41) is 0. The fourth-order valence-corrected chi connectivity index (χ4v) is 3.75. The molecule has 2 aromatic carbocycles. The first kappa shape index (κ1) is 13.3. The van der Waals surface area contributed by atoms with Crippen LogP contribution in [0.4, 0.5) is 5.69 Å². The van der Waals surface area contributed by atoms with E-state index < -0.39 is 0 Å². The molecule has 1 atom stereocenters. The molecular formula is C19H17NO2. The van der Waals surface area contributed by atoms with Gasteiger partial charge in [0.2, 0.25) is 5.91 Å². The van der Waals surface area contributed by atoms with Gasteiger partial charge in [-0.25, -0.2) is 0 Å². The fourth-order valence-electron chi connectivity index (χ4n) is 3.75. The number of carbonyl (C=O) groups is 2. The summed E-state index contributed by atoms with van der Waals surface area (Å²) in [6, 6.07) is 13.8. The van der Waals surface area contributed by atoms with E-state index >= 15 is 0 Å². The third kappa shape index (κ3) is 1.82. The Labute approximate surface area is 129 Å². The lowest BCUT2D eigenvalue weighted by molar-refractivity contribution is -0.119. The number of para-hydroxylation sites is 1. The molecule has 0 radical (unpaired) electrons. The molecule has 0 spiro atoms. The third-order valence-electron chi connectivity index (χ3n) is 4.81. The highest BCUT2D eigenvalue weighted by atomic mass is 16.2. The maximum atomic E-state index is 13.0. The second kappa shape index (κ2) is 4.80. The van der Waals surface area contributed by atoms with Crippen molar-refractivity contribution >= 4 is 17.4 Å². The minimum absolute atomic E-state index is 0.0614. The molecule has 0 aromatic heterocycles. The zero-order valence-electron chi connectivity index (χ0n) is 12.5. The number of rotatable bonds is 1. The molecule has 3 nitrogen and oxygen atoms in total. The van der Waals surface area contributed by atoms with Crippen molar-refractivity contribution in [2.75, 3.05) is 11.4 Å². The van der Waals surface area contributed by atoms with Crippen molar-refractivity contribution in [1.82, 2.24) is 0 Å². The molecule has 0 N–H and O–H groups in total. The predicted octanol–water partition coefficient (Wildman–Crippen LogP) is 3.25. The van der Waals surface area contributed by atoms with Crippen LogP contribution in [0.3, 0.4) is 0 Å². The Morgan fingerprint density at radius 2 is 1.95 bits per heavy atom. The molecule has 2 aromatic rings. The van der Waals surface area contributed by atoms with Gasteiger partial charge >= 0.3 is 0 Å². The zero-order valence-corrected chi connectivity index (χ0v) is 12.5. The van der Waals surface area contributed by atoms with Crippen molar-refractivity contribution < 1.29 is 9.59 Å². The SMILES string of the molecule is Cc1cccc2c1C(C(=O)N1CCc3ccccc31)CC2=O. The number of hydrogen-bond acceptors (Lipinski definition) is 2. The summed E-state index contributed by atoms with van der Waals surface area (Å²) in [5.74, 6) is -0.175. The molecule has 1 amide bonds. The van der Waals surface area contributed by atoms with E-state index in [-0.39, 0.29) is 17.6 Å². The van der Waals surface area contributed by atoms with Crippen molar-refractivity contribution in [3.63, 3.8) is 0 Å². The summed E-state index contributed by atoms with van der Waals surface area (Å²) >= 11 is 0. The van der Waals surface area contributed by atoms with E-state index in [1.807, 2.05) is 48.2 Å². The molecule has 0 fully saturated rings. The first-order valence-corrected chi connectivity index (χ1v) is 7.69. The minimum Gasteiger partial charge on any atom is -0.311 e. The Morgan fingerprint density at radius 3 is 2.82 bits per heavy atom. The van der Waals surface area contributed by atoms with Crippen molar-refractivity contribution in [1.29, 1.82) is 0 Å². The lowest BCUT2D eigenvalue weighted by Gasteiger charge is -2.22. The first-order chi connectivity index (χ1) is 10.7. The van der Waals surface area contributed by atoms with Gasteiger partial charge in [0, 0.05) is 24.2 Å². The van der Waals surface area contributed by atoms with Crippen molar-refractivity contribution in [3.05, 3.63) is 64.7 Å². The lowest BCUT2D eigenvalue weighted by Crippen LogP contribution is -2.33. The number of Topliss-reactive ketones (excluding diaryl/α,β-unsaturated/α-hetero) is 1. The van der Waals surface area contributed by atoms with Crippen molar-refractivity contribution in [2.24, 2.45) is 0 Å². The lowest BCUT2D eigenvalue weighted by atomic mass is 9.95. The average Bonchev–Trinajstić information content (AvgIpc) is 3.09. The van der Waals surface area contributed by atoms with Crippen LogP contribution in [0.2, 0.25) is 0 Å². The van der Waals surface area contributed by atoms with Crippen LogP contribution in [0, 0.1) is 6.92 Å². The summed E-state index contributed by atoms with van der Waals surface area (Å²) < 4.78 is 0. The summed E-state index contributed by atoms with van der Waals surface area (Å²) in [4.78, 5) is 27.1. The van der Waals surface area contributed by atoms with E-state index in [1.165, 1.54) is 5.56 Å². The van der Waals surface area contributed by atoms with Gasteiger partial charge in [-0.2, -0.15) is 0 Å². The quantitative estimate of drug-likeness (QED) is 0.808. The number of nitrogens with zero attached hydrogens (tertiary/aromatic N) is 1. The first-order valence-electron chi connectivity index (χ1n) is 7.69. The molecule has 22 heavy (non-hydrogen) atoms. The highest BCUT2D eigenvalue weighted by Crippen LogP contribution is 2.39. The molecule has 0 saturated carbocycles. The molecule has 1 aliphatic carbocycles. The normalized spacial score (nSPS) is 19.2. The van der Waals surface area contributed by atoms with E-state index in [4.69, 9.17) is 0 Å². The van der Waals surface area contributed by atoms with Crippen LogP contribution in [-0.2, 0) is 11.2 Å². The van der Waals surface area contributed by atoms with E-state index in [0.717, 1.165) is 28.8 Å². The second-order valence-electron chi connectivity index (χ2n) is 6.08. The van der Waals surface area contributed by atoms with Crippen LogP contribution in [0.1, 0.15) is 39.4 Å². The number of hydrogen-bond donors (Lipinski definition) is 0. The molecule has 1 aliphatic heterocycles. The predicted molar refractivity (Wildman–Crippen MR) is 85.4 cm³/mol. The largest absolute Gasteiger partial charge is 0.311 e. The average molecular weight is 291 g/mol. The van der Waals surface area contributed by atoms with E-state index in [1.54, 1.807) is 0 Å². The molecule has 4 rings (SSSR count). The van der Waals surface area contributed by atoms with Gasteiger partial charge in [-0.3, -0.25) is 9.59 Å². The molecule has 0 bridgehead atoms. The molecule has 2 aliphatic rings. The van der Waals surface area contributed by atoms with Crippen LogP contribution in [0.5, 0.6) is 0 Å². The van der Waals surface area contributed by atoms with E-state index in [0.29, 0.717) is 13.0 Å². The summed E-state index contributed by atoms with van der Waals surface area (Å²) in [6.45, 7) is 2.69. The molecule has 1 unspecified atom stereocenters. The number of fused-ring (bicyclic) bond motifs is 2. The Kier molecular flexibility index (Phi) is 2.89. The van der Waals surface area contributed by atoms with Gasteiger partial charge < -0.3 is 4.90 Å². The van der Waals surface area contributed by atoms with Gasteiger partial charge in [-0.15, -0.1) is 0 Å².